The Morgan fingerprint density at radius 2 is 2.25 bits per heavy atom. The van der Waals surface area contributed by atoms with Crippen LogP contribution in [0.15, 0.2) is 30.3 Å². The molecule has 0 radical (unpaired) electrons. The molecule has 0 aromatic heterocycles. The van der Waals surface area contributed by atoms with E-state index in [4.69, 9.17) is 9.84 Å². The summed E-state index contributed by atoms with van der Waals surface area (Å²) in [5, 5.41) is 8.59. The Kier molecular flexibility index (Phi) is 7.84. The molecule has 5 heteroatoms. The van der Waals surface area contributed by atoms with Crippen molar-refractivity contribution >= 4 is 23.8 Å². The molecule has 0 aliphatic carbocycles. The first kappa shape index (κ1) is 16.6. The quantitative estimate of drug-likeness (QED) is 0.709. The van der Waals surface area contributed by atoms with Gasteiger partial charge in [-0.25, -0.2) is 4.79 Å². The first-order valence-corrected chi connectivity index (χ1v) is 7.82. The van der Waals surface area contributed by atoms with Gasteiger partial charge in [-0.3, -0.25) is 0 Å². The van der Waals surface area contributed by atoms with Crippen LogP contribution in [0.5, 0.6) is 5.75 Å². The molecule has 0 saturated carbocycles. The first-order chi connectivity index (χ1) is 9.61. The monoisotopic (exact) mass is 295 g/mol. The van der Waals surface area contributed by atoms with Gasteiger partial charge in [-0.2, -0.15) is 11.8 Å². The third-order valence-corrected chi connectivity index (χ3v) is 3.29. The number of carboxylic acids is 1. The average molecular weight is 295 g/mol. The molecule has 0 saturated heterocycles. The van der Waals surface area contributed by atoms with E-state index in [2.05, 4.69) is 18.2 Å². The largest absolute Gasteiger partial charge is 0.492 e. The molecule has 1 rings (SSSR count). The Labute approximate surface area is 124 Å². The van der Waals surface area contributed by atoms with Crippen LogP contribution in [0.4, 0.5) is 0 Å². The van der Waals surface area contributed by atoms with Crippen molar-refractivity contribution < 1.29 is 14.6 Å². The van der Waals surface area contributed by atoms with Gasteiger partial charge in [0.15, 0.2) is 0 Å². The van der Waals surface area contributed by atoms with Crippen molar-refractivity contribution in [2.45, 2.75) is 0 Å². The van der Waals surface area contributed by atoms with Gasteiger partial charge in [0.2, 0.25) is 0 Å². The number of likely N-dealkylation sites (N-methyl/N-ethyl adjacent to an activating group) is 1. The Bertz CT molecular complexity index is 448. The van der Waals surface area contributed by atoms with Gasteiger partial charge in [0.05, 0.1) is 0 Å². The summed E-state index contributed by atoms with van der Waals surface area (Å²) in [7, 11) is 2.08. The third-order valence-electron chi connectivity index (χ3n) is 2.70. The molecular weight excluding hydrogens is 274 g/mol. The summed E-state index contributed by atoms with van der Waals surface area (Å²) in [6, 6.07) is 7.41. The van der Waals surface area contributed by atoms with Crippen molar-refractivity contribution in [1.82, 2.24) is 4.90 Å². The summed E-state index contributed by atoms with van der Waals surface area (Å²) in [4.78, 5) is 12.7. The SMILES string of the molecule is CSCCN(C)CCOc1cccc(/C=C/C(=O)O)c1. The molecule has 0 unspecified atom stereocenters. The molecule has 0 fully saturated rings. The number of nitrogens with zero attached hydrogens (tertiary/aromatic N) is 1. The summed E-state index contributed by atoms with van der Waals surface area (Å²) in [5.41, 5.74) is 0.820. The summed E-state index contributed by atoms with van der Waals surface area (Å²) in [6.07, 6.45) is 4.77. The molecule has 0 bridgehead atoms. The van der Waals surface area contributed by atoms with E-state index in [1.54, 1.807) is 6.08 Å². The minimum atomic E-state index is -0.952. The van der Waals surface area contributed by atoms with Crippen molar-refractivity contribution in [1.29, 1.82) is 0 Å². The lowest BCUT2D eigenvalue weighted by Crippen LogP contribution is -2.26. The first-order valence-electron chi connectivity index (χ1n) is 6.43. The smallest absolute Gasteiger partial charge is 0.328 e. The minimum absolute atomic E-state index is 0.622. The summed E-state index contributed by atoms with van der Waals surface area (Å²) in [6.45, 7) is 2.54. The van der Waals surface area contributed by atoms with Gasteiger partial charge in [-0.1, -0.05) is 12.1 Å². The van der Waals surface area contributed by atoms with Crippen LogP contribution >= 0.6 is 11.8 Å². The van der Waals surface area contributed by atoms with E-state index >= 15 is 0 Å². The molecule has 0 amide bonds. The molecule has 1 aromatic rings. The molecule has 20 heavy (non-hydrogen) atoms. The standard InChI is InChI=1S/C15H21NO3S/c1-16(9-11-20-2)8-10-19-14-5-3-4-13(12-14)6-7-15(17)18/h3-7,12H,8-11H2,1-2H3,(H,17,18)/b7-6+. The Balaban J connectivity index is 2.40. The molecule has 4 nitrogen and oxygen atoms in total. The zero-order valence-electron chi connectivity index (χ0n) is 11.9. The maximum Gasteiger partial charge on any atom is 0.328 e. The van der Waals surface area contributed by atoms with Crippen LogP contribution in [0, 0.1) is 0 Å². The second-order valence-corrected chi connectivity index (χ2v) is 5.37. The molecule has 0 heterocycles. The Hall–Kier alpha value is -1.46. The maximum atomic E-state index is 10.5. The highest BCUT2D eigenvalue weighted by molar-refractivity contribution is 7.98. The van der Waals surface area contributed by atoms with Crippen molar-refractivity contribution in [3.05, 3.63) is 35.9 Å². The van der Waals surface area contributed by atoms with Crippen molar-refractivity contribution in [3.63, 3.8) is 0 Å². The minimum Gasteiger partial charge on any atom is -0.492 e. The van der Waals surface area contributed by atoms with E-state index in [1.165, 1.54) is 0 Å². The molecule has 0 spiro atoms. The van der Waals surface area contributed by atoms with Crippen LogP contribution in [0.3, 0.4) is 0 Å². The molecule has 1 aromatic carbocycles. The number of benzene rings is 1. The van der Waals surface area contributed by atoms with Crippen LogP contribution in [0.1, 0.15) is 5.56 Å². The van der Waals surface area contributed by atoms with Gasteiger partial charge in [-0.05, 0) is 37.1 Å². The highest BCUT2D eigenvalue weighted by atomic mass is 32.2. The topological polar surface area (TPSA) is 49.8 Å². The van der Waals surface area contributed by atoms with Crippen molar-refractivity contribution in [2.24, 2.45) is 0 Å². The van der Waals surface area contributed by atoms with E-state index in [0.717, 1.165) is 36.2 Å². The molecule has 110 valence electrons. The van der Waals surface area contributed by atoms with E-state index in [-0.39, 0.29) is 0 Å². The van der Waals surface area contributed by atoms with Crippen LogP contribution in [0.25, 0.3) is 6.08 Å². The van der Waals surface area contributed by atoms with Gasteiger partial charge in [0, 0.05) is 24.9 Å². The number of rotatable bonds is 9. The summed E-state index contributed by atoms with van der Waals surface area (Å²) in [5.74, 6) is 0.925. The van der Waals surface area contributed by atoms with Crippen LogP contribution in [-0.4, -0.2) is 54.7 Å². The summed E-state index contributed by atoms with van der Waals surface area (Å²) >= 11 is 1.83. The molecule has 1 N–H and O–H groups in total. The van der Waals surface area contributed by atoms with Gasteiger partial charge in [-0.15, -0.1) is 0 Å². The number of aliphatic carboxylic acids is 1. The number of hydrogen-bond donors (Lipinski definition) is 1. The van der Waals surface area contributed by atoms with Crippen LogP contribution < -0.4 is 4.74 Å². The lowest BCUT2D eigenvalue weighted by molar-refractivity contribution is -0.131. The van der Waals surface area contributed by atoms with Crippen LogP contribution in [0.2, 0.25) is 0 Å². The Morgan fingerprint density at radius 1 is 1.45 bits per heavy atom. The number of hydrogen-bond acceptors (Lipinski definition) is 4. The van der Waals surface area contributed by atoms with E-state index in [9.17, 15) is 4.79 Å². The van der Waals surface area contributed by atoms with Crippen molar-refractivity contribution in [2.75, 3.05) is 38.8 Å². The fraction of sp³-hybridized carbons (Fsp3) is 0.400. The molecule has 0 atom stereocenters. The summed E-state index contributed by atoms with van der Waals surface area (Å²) < 4.78 is 5.67. The number of carboxylic acid groups (broad SMARTS) is 1. The van der Waals surface area contributed by atoms with E-state index < -0.39 is 5.97 Å². The zero-order valence-corrected chi connectivity index (χ0v) is 12.7. The lowest BCUT2D eigenvalue weighted by atomic mass is 10.2. The van der Waals surface area contributed by atoms with Gasteiger partial charge in [0.1, 0.15) is 12.4 Å². The average Bonchev–Trinajstić information content (AvgIpc) is 2.43. The maximum absolute atomic E-state index is 10.5. The van der Waals surface area contributed by atoms with E-state index in [1.807, 2.05) is 36.0 Å². The predicted molar refractivity (Wildman–Crippen MR) is 84.5 cm³/mol. The highest BCUT2D eigenvalue weighted by Gasteiger charge is 1.99. The lowest BCUT2D eigenvalue weighted by Gasteiger charge is -2.16. The highest BCUT2D eigenvalue weighted by Crippen LogP contribution is 2.14. The predicted octanol–water partition coefficient (Wildman–Crippen LogP) is 2.46. The number of carbonyl (C=O) groups is 1. The second-order valence-electron chi connectivity index (χ2n) is 4.39. The van der Waals surface area contributed by atoms with Crippen LogP contribution in [-0.2, 0) is 4.79 Å². The number of ether oxygens (including phenoxy) is 1. The number of thioether (sulfide) groups is 1. The van der Waals surface area contributed by atoms with Gasteiger partial charge >= 0.3 is 5.97 Å². The molecule has 0 aliphatic rings. The fourth-order valence-electron chi connectivity index (χ4n) is 1.55. The second kappa shape index (κ2) is 9.44. The van der Waals surface area contributed by atoms with Gasteiger partial charge in [0.25, 0.3) is 0 Å². The molecule has 0 aliphatic heterocycles. The Morgan fingerprint density at radius 3 is 2.95 bits per heavy atom. The third kappa shape index (κ3) is 7.21. The fourth-order valence-corrected chi connectivity index (χ4v) is 2.05. The molecular formula is C15H21NO3S. The van der Waals surface area contributed by atoms with Crippen molar-refractivity contribution in [3.8, 4) is 5.75 Å². The van der Waals surface area contributed by atoms with E-state index in [0.29, 0.717) is 6.61 Å². The normalized spacial score (nSPS) is 11.2. The zero-order chi connectivity index (χ0) is 14.8. The van der Waals surface area contributed by atoms with Gasteiger partial charge < -0.3 is 14.7 Å².